The van der Waals surface area contributed by atoms with Crippen molar-refractivity contribution in [2.45, 2.75) is 6.92 Å². The van der Waals surface area contributed by atoms with Crippen LogP contribution in [0.4, 0.5) is 11.5 Å². The zero-order valence-electron chi connectivity index (χ0n) is 10.5. The second-order valence-electron chi connectivity index (χ2n) is 3.75. The summed E-state index contributed by atoms with van der Waals surface area (Å²) in [6.45, 7) is 2.66. The van der Waals surface area contributed by atoms with Gasteiger partial charge in [0, 0.05) is 18.7 Å². The number of nitro benzene ring substituents is 1. The van der Waals surface area contributed by atoms with Gasteiger partial charge in [-0.2, -0.15) is 0 Å². The van der Waals surface area contributed by atoms with Gasteiger partial charge in [0.05, 0.1) is 15.5 Å². The number of rotatable bonds is 5. The molecular weight excluding hydrogens is 328 g/mol. The lowest BCUT2D eigenvalue weighted by Crippen LogP contribution is -2.00. The Morgan fingerprint density at radius 3 is 2.90 bits per heavy atom. The number of hydrogen-bond acceptors (Lipinski definition) is 6. The molecule has 1 N–H and O–H groups in total. The number of hydrogen-bond donors (Lipinski definition) is 1. The monoisotopic (exact) mass is 338 g/mol. The summed E-state index contributed by atoms with van der Waals surface area (Å²) in [5.41, 5.74) is -0.0517. The molecule has 0 aliphatic heterocycles. The standard InChI is InChI=1S/C12H11BrN4O3/c1-2-14-11-6-12(16-7-15-11)20-10-5-8(17(18)19)3-4-9(10)13/h3-7H,2H2,1H3,(H,14,15,16). The van der Waals surface area contributed by atoms with E-state index < -0.39 is 4.92 Å². The van der Waals surface area contributed by atoms with Crippen LogP contribution in [0.3, 0.4) is 0 Å². The minimum Gasteiger partial charge on any atom is -0.437 e. The Kier molecular flexibility index (Phi) is 4.46. The van der Waals surface area contributed by atoms with Crippen LogP contribution in [0.15, 0.2) is 35.1 Å². The molecule has 0 saturated carbocycles. The molecular formula is C12H11BrN4O3. The fourth-order valence-electron chi connectivity index (χ4n) is 1.47. The van der Waals surface area contributed by atoms with Crippen LogP contribution in [-0.2, 0) is 0 Å². The normalized spacial score (nSPS) is 10.1. The summed E-state index contributed by atoms with van der Waals surface area (Å²) in [7, 11) is 0. The van der Waals surface area contributed by atoms with Gasteiger partial charge in [0.25, 0.3) is 5.69 Å². The molecule has 1 heterocycles. The van der Waals surface area contributed by atoms with Crippen LogP contribution in [0.2, 0.25) is 0 Å². The average molecular weight is 339 g/mol. The minimum atomic E-state index is -0.483. The first-order valence-corrected chi connectivity index (χ1v) is 6.57. The van der Waals surface area contributed by atoms with E-state index in [-0.39, 0.29) is 5.69 Å². The fourth-order valence-corrected chi connectivity index (χ4v) is 1.80. The molecule has 0 radical (unpaired) electrons. The van der Waals surface area contributed by atoms with E-state index in [1.54, 1.807) is 12.1 Å². The van der Waals surface area contributed by atoms with E-state index in [1.807, 2.05) is 6.92 Å². The van der Waals surface area contributed by atoms with Crippen LogP contribution < -0.4 is 10.1 Å². The van der Waals surface area contributed by atoms with Crippen molar-refractivity contribution >= 4 is 27.4 Å². The Balaban J connectivity index is 2.27. The maximum atomic E-state index is 10.8. The molecule has 0 saturated heterocycles. The molecule has 8 heteroatoms. The van der Waals surface area contributed by atoms with E-state index >= 15 is 0 Å². The Morgan fingerprint density at radius 2 is 2.20 bits per heavy atom. The Hall–Kier alpha value is -2.22. The van der Waals surface area contributed by atoms with Crippen molar-refractivity contribution in [3.8, 4) is 11.6 Å². The van der Waals surface area contributed by atoms with Gasteiger partial charge in [-0.3, -0.25) is 10.1 Å². The predicted molar refractivity (Wildman–Crippen MR) is 77.1 cm³/mol. The van der Waals surface area contributed by atoms with Crippen molar-refractivity contribution < 1.29 is 9.66 Å². The van der Waals surface area contributed by atoms with Crippen molar-refractivity contribution in [1.29, 1.82) is 0 Å². The van der Waals surface area contributed by atoms with Gasteiger partial charge in [-0.25, -0.2) is 9.97 Å². The van der Waals surface area contributed by atoms with Gasteiger partial charge in [-0.1, -0.05) is 0 Å². The minimum absolute atomic E-state index is 0.0517. The maximum absolute atomic E-state index is 10.8. The highest BCUT2D eigenvalue weighted by atomic mass is 79.9. The highest BCUT2D eigenvalue weighted by molar-refractivity contribution is 9.10. The summed E-state index contributed by atoms with van der Waals surface area (Å²) in [5, 5.41) is 13.8. The Morgan fingerprint density at radius 1 is 1.40 bits per heavy atom. The van der Waals surface area contributed by atoms with E-state index in [4.69, 9.17) is 4.74 Å². The molecule has 104 valence electrons. The third kappa shape index (κ3) is 3.41. The number of halogens is 1. The van der Waals surface area contributed by atoms with Crippen LogP contribution in [0.1, 0.15) is 6.92 Å². The molecule has 20 heavy (non-hydrogen) atoms. The number of nitrogens with zero attached hydrogens (tertiary/aromatic N) is 3. The molecule has 0 spiro atoms. The molecule has 2 rings (SSSR count). The fraction of sp³-hybridized carbons (Fsp3) is 0.167. The van der Waals surface area contributed by atoms with Gasteiger partial charge in [0.1, 0.15) is 12.1 Å². The number of benzene rings is 1. The quantitative estimate of drug-likeness (QED) is 0.663. The largest absolute Gasteiger partial charge is 0.437 e. The van der Waals surface area contributed by atoms with Crippen molar-refractivity contribution in [1.82, 2.24) is 9.97 Å². The second-order valence-corrected chi connectivity index (χ2v) is 4.60. The van der Waals surface area contributed by atoms with Gasteiger partial charge in [-0.05, 0) is 28.9 Å². The Labute approximate surface area is 123 Å². The summed E-state index contributed by atoms with van der Waals surface area (Å²) >= 11 is 3.28. The van der Waals surface area contributed by atoms with Crippen LogP contribution in [0.5, 0.6) is 11.6 Å². The molecule has 1 aromatic heterocycles. The number of anilines is 1. The van der Waals surface area contributed by atoms with E-state index in [9.17, 15) is 10.1 Å². The molecule has 2 aromatic rings. The highest BCUT2D eigenvalue weighted by Gasteiger charge is 2.12. The van der Waals surface area contributed by atoms with Gasteiger partial charge in [0.15, 0.2) is 5.75 Å². The van der Waals surface area contributed by atoms with Crippen LogP contribution in [0.25, 0.3) is 0 Å². The summed E-state index contributed by atoms with van der Waals surface area (Å²) in [6, 6.07) is 5.90. The van der Waals surface area contributed by atoms with Crippen LogP contribution in [-0.4, -0.2) is 21.4 Å². The van der Waals surface area contributed by atoms with Gasteiger partial charge < -0.3 is 10.1 Å². The van der Waals surface area contributed by atoms with E-state index in [0.29, 0.717) is 21.9 Å². The zero-order valence-corrected chi connectivity index (χ0v) is 12.1. The van der Waals surface area contributed by atoms with E-state index in [1.165, 1.54) is 18.5 Å². The lowest BCUT2D eigenvalue weighted by atomic mass is 10.3. The lowest BCUT2D eigenvalue weighted by molar-refractivity contribution is -0.384. The molecule has 0 aliphatic rings. The third-order valence-corrected chi connectivity index (χ3v) is 3.00. The first kappa shape index (κ1) is 14.2. The number of nitrogens with one attached hydrogen (secondary N) is 1. The van der Waals surface area contributed by atoms with Crippen molar-refractivity contribution in [3.63, 3.8) is 0 Å². The summed E-state index contributed by atoms with van der Waals surface area (Å²) in [5.74, 6) is 1.25. The van der Waals surface area contributed by atoms with Crippen molar-refractivity contribution in [2.24, 2.45) is 0 Å². The number of ether oxygens (including phenoxy) is 1. The second kappa shape index (κ2) is 6.29. The molecule has 0 aliphatic carbocycles. The molecule has 0 bridgehead atoms. The van der Waals surface area contributed by atoms with Crippen LogP contribution in [0, 0.1) is 10.1 Å². The number of nitro groups is 1. The molecule has 0 fully saturated rings. The van der Waals surface area contributed by atoms with E-state index in [2.05, 4.69) is 31.2 Å². The lowest BCUT2D eigenvalue weighted by Gasteiger charge is -2.08. The molecule has 7 nitrogen and oxygen atoms in total. The summed E-state index contributed by atoms with van der Waals surface area (Å²) in [6.07, 6.45) is 1.36. The molecule has 0 atom stereocenters. The molecule has 0 amide bonds. The number of aromatic nitrogens is 2. The van der Waals surface area contributed by atoms with Crippen molar-refractivity contribution in [3.05, 3.63) is 45.2 Å². The van der Waals surface area contributed by atoms with Crippen molar-refractivity contribution in [2.75, 3.05) is 11.9 Å². The highest BCUT2D eigenvalue weighted by Crippen LogP contribution is 2.32. The zero-order chi connectivity index (χ0) is 14.5. The topological polar surface area (TPSA) is 90.2 Å². The molecule has 0 unspecified atom stereocenters. The predicted octanol–water partition coefficient (Wildman–Crippen LogP) is 3.37. The maximum Gasteiger partial charge on any atom is 0.273 e. The smallest absolute Gasteiger partial charge is 0.273 e. The Bertz CT molecular complexity index is 636. The molecule has 1 aromatic carbocycles. The summed E-state index contributed by atoms with van der Waals surface area (Å²) < 4.78 is 6.15. The first-order valence-electron chi connectivity index (χ1n) is 5.78. The van der Waals surface area contributed by atoms with Crippen LogP contribution >= 0.6 is 15.9 Å². The SMILES string of the molecule is CCNc1cc(Oc2cc([N+](=O)[O-])ccc2Br)ncn1. The van der Waals surface area contributed by atoms with Gasteiger partial charge in [-0.15, -0.1) is 0 Å². The van der Waals surface area contributed by atoms with Gasteiger partial charge in [0.2, 0.25) is 5.88 Å². The van der Waals surface area contributed by atoms with Gasteiger partial charge >= 0.3 is 0 Å². The number of non-ortho nitro benzene ring substituents is 1. The third-order valence-electron chi connectivity index (χ3n) is 2.34. The summed E-state index contributed by atoms with van der Waals surface area (Å²) in [4.78, 5) is 18.3. The van der Waals surface area contributed by atoms with E-state index in [0.717, 1.165) is 6.54 Å². The first-order chi connectivity index (χ1) is 9.60. The average Bonchev–Trinajstić information content (AvgIpc) is 2.42.